The van der Waals surface area contributed by atoms with Crippen LogP contribution in [0.4, 0.5) is 5.69 Å². The van der Waals surface area contributed by atoms with E-state index in [1.165, 1.54) is 12.3 Å². The number of hydrogen-bond donors (Lipinski definition) is 2. The van der Waals surface area contributed by atoms with Crippen LogP contribution in [0.5, 0.6) is 5.75 Å². The lowest BCUT2D eigenvalue weighted by atomic mass is 10.2. The topological polar surface area (TPSA) is 62.2 Å². The minimum atomic E-state index is -0.410. The molecule has 0 fully saturated rings. The summed E-state index contributed by atoms with van der Waals surface area (Å²) in [6.07, 6.45) is 1.44. The predicted octanol–water partition coefficient (Wildman–Crippen LogP) is 4.06. The van der Waals surface area contributed by atoms with Crippen molar-refractivity contribution in [2.24, 2.45) is 0 Å². The van der Waals surface area contributed by atoms with E-state index in [2.05, 4.69) is 48.8 Å². The smallest absolute Gasteiger partial charge is 0.259 e. The van der Waals surface area contributed by atoms with E-state index in [0.29, 0.717) is 15.3 Å². The zero-order valence-corrected chi connectivity index (χ0v) is 13.8. The number of phenols is 1. The largest absolute Gasteiger partial charge is 0.507 e. The van der Waals surface area contributed by atoms with E-state index in [1.807, 2.05) is 0 Å². The quantitative estimate of drug-likeness (QED) is 0.533. The summed E-state index contributed by atoms with van der Waals surface area (Å²) in [5.74, 6) is -0.481. The van der Waals surface area contributed by atoms with Crippen molar-refractivity contribution in [1.29, 1.82) is 0 Å². The van der Waals surface area contributed by atoms with Crippen LogP contribution >= 0.6 is 50.1 Å². The van der Waals surface area contributed by atoms with Gasteiger partial charge in [-0.1, -0.05) is 11.6 Å². The molecule has 7 heteroatoms. The molecule has 1 heterocycles. The number of aromatic hydroxyl groups is 1. The number of amides is 1. The molecule has 2 aromatic rings. The van der Waals surface area contributed by atoms with E-state index in [1.54, 1.807) is 18.2 Å². The summed E-state index contributed by atoms with van der Waals surface area (Å²) < 4.78 is 1.44. The van der Waals surface area contributed by atoms with Gasteiger partial charge < -0.3 is 10.4 Å². The lowest BCUT2D eigenvalue weighted by Crippen LogP contribution is -2.12. The Morgan fingerprint density at radius 2 is 2.16 bits per heavy atom. The Bertz CT molecular complexity index is 652. The molecule has 2 rings (SSSR count). The molecule has 0 saturated heterocycles. The minimum Gasteiger partial charge on any atom is -0.507 e. The van der Waals surface area contributed by atoms with Crippen molar-refractivity contribution in [2.75, 3.05) is 5.32 Å². The van der Waals surface area contributed by atoms with Gasteiger partial charge in [0.2, 0.25) is 0 Å². The van der Waals surface area contributed by atoms with Crippen molar-refractivity contribution >= 4 is 61.7 Å². The van der Waals surface area contributed by atoms with Gasteiger partial charge in [-0.15, -0.1) is 0 Å². The van der Waals surface area contributed by atoms with E-state index >= 15 is 0 Å². The van der Waals surface area contributed by atoms with Gasteiger partial charge in [0.05, 0.1) is 21.9 Å². The third kappa shape index (κ3) is 3.58. The highest BCUT2D eigenvalue weighted by Crippen LogP contribution is 2.25. The maximum atomic E-state index is 12.0. The number of halogens is 3. The van der Waals surface area contributed by atoms with Crippen LogP contribution in [0.15, 0.2) is 34.9 Å². The Balaban J connectivity index is 2.25. The molecule has 1 aromatic carbocycles. The summed E-state index contributed by atoms with van der Waals surface area (Å²) in [6, 6.07) is 6.43. The van der Waals surface area contributed by atoms with Gasteiger partial charge in [0.15, 0.2) is 0 Å². The standard InChI is InChI=1S/C12H7BrClIN2O2/c13-9-4-7(5-16-11(9)14)17-12(19)8-3-6(15)1-2-10(8)18/h1-5,18H,(H,17,19). The van der Waals surface area contributed by atoms with Gasteiger partial charge in [0, 0.05) is 3.57 Å². The number of carbonyl (C=O) groups is 1. The van der Waals surface area contributed by atoms with E-state index in [9.17, 15) is 9.90 Å². The first-order chi connectivity index (χ1) is 8.97. The first-order valence-electron chi connectivity index (χ1n) is 5.08. The number of nitrogens with zero attached hydrogens (tertiary/aromatic N) is 1. The van der Waals surface area contributed by atoms with Crippen LogP contribution in [0.1, 0.15) is 10.4 Å². The van der Waals surface area contributed by atoms with Crippen LogP contribution in [0, 0.1) is 3.57 Å². The van der Waals surface area contributed by atoms with E-state index in [-0.39, 0.29) is 11.3 Å². The molecule has 0 radical (unpaired) electrons. The third-order valence-electron chi connectivity index (χ3n) is 2.26. The lowest BCUT2D eigenvalue weighted by molar-refractivity contribution is 0.102. The van der Waals surface area contributed by atoms with Crippen LogP contribution in [0.2, 0.25) is 5.15 Å². The van der Waals surface area contributed by atoms with Crippen molar-refractivity contribution in [3.05, 3.63) is 49.2 Å². The molecule has 1 aromatic heterocycles. The first-order valence-corrected chi connectivity index (χ1v) is 7.33. The fourth-order valence-electron chi connectivity index (χ4n) is 1.38. The normalized spacial score (nSPS) is 10.3. The molecule has 0 aliphatic rings. The maximum Gasteiger partial charge on any atom is 0.259 e. The number of nitrogens with one attached hydrogen (secondary N) is 1. The van der Waals surface area contributed by atoms with Crippen molar-refractivity contribution in [2.45, 2.75) is 0 Å². The number of phenolic OH excluding ortho intramolecular Hbond substituents is 1. The van der Waals surface area contributed by atoms with Gasteiger partial charge in [0.1, 0.15) is 10.9 Å². The minimum absolute atomic E-state index is 0.0705. The summed E-state index contributed by atoms with van der Waals surface area (Å²) in [4.78, 5) is 15.9. The molecule has 0 aliphatic carbocycles. The van der Waals surface area contributed by atoms with Gasteiger partial charge in [-0.2, -0.15) is 0 Å². The highest BCUT2D eigenvalue weighted by atomic mass is 127. The average Bonchev–Trinajstić information content (AvgIpc) is 2.36. The third-order valence-corrected chi connectivity index (χ3v) is 4.06. The Hall–Kier alpha value is -0.860. The summed E-state index contributed by atoms with van der Waals surface area (Å²) in [7, 11) is 0. The van der Waals surface area contributed by atoms with Crippen LogP contribution in [0.25, 0.3) is 0 Å². The van der Waals surface area contributed by atoms with Crippen molar-refractivity contribution in [3.63, 3.8) is 0 Å². The number of pyridine rings is 1. The lowest BCUT2D eigenvalue weighted by Gasteiger charge is -2.07. The predicted molar refractivity (Wildman–Crippen MR) is 85.7 cm³/mol. The Labute approximate surface area is 136 Å². The monoisotopic (exact) mass is 452 g/mol. The second-order valence-corrected chi connectivity index (χ2v) is 6.07. The highest BCUT2D eigenvalue weighted by Gasteiger charge is 2.12. The number of hydrogen-bond acceptors (Lipinski definition) is 3. The number of carbonyl (C=O) groups excluding carboxylic acids is 1. The molecule has 19 heavy (non-hydrogen) atoms. The zero-order chi connectivity index (χ0) is 14.0. The fourth-order valence-corrected chi connectivity index (χ4v) is 2.32. The molecule has 0 unspecified atom stereocenters. The Morgan fingerprint density at radius 3 is 2.84 bits per heavy atom. The van der Waals surface area contributed by atoms with Crippen LogP contribution in [-0.4, -0.2) is 16.0 Å². The molecular formula is C12H7BrClIN2O2. The van der Waals surface area contributed by atoms with Gasteiger partial charge in [-0.25, -0.2) is 4.98 Å². The van der Waals surface area contributed by atoms with Gasteiger partial charge >= 0.3 is 0 Å². The van der Waals surface area contributed by atoms with E-state index < -0.39 is 5.91 Å². The first kappa shape index (κ1) is 14.5. The molecular weight excluding hydrogens is 446 g/mol. The maximum absolute atomic E-state index is 12.0. The molecule has 0 bridgehead atoms. The van der Waals surface area contributed by atoms with Gasteiger partial charge in [0.25, 0.3) is 5.91 Å². The molecule has 0 saturated carbocycles. The van der Waals surface area contributed by atoms with Crippen LogP contribution in [0.3, 0.4) is 0 Å². The summed E-state index contributed by atoms with van der Waals surface area (Å²) in [6.45, 7) is 0. The van der Waals surface area contributed by atoms with E-state index in [0.717, 1.165) is 3.57 Å². The zero-order valence-electron chi connectivity index (χ0n) is 9.32. The number of rotatable bonds is 2. The fraction of sp³-hybridized carbons (Fsp3) is 0. The van der Waals surface area contributed by atoms with Crippen LogP contribution in [-0.2, 0) is 0 Å². The van der Waals surface area contributed by atoms with Crippen molar-refractivity contribution in [3.8, 4) is 5.75 Å². The molecule has 98 valence electrons. The summed E-state index contributed by atoms with van der Waals surface area (Å²) >= 11 is 11.1. The second kappa shape index (κ2) is 6.06. The molecule has 0 spiro atoms. The number of benzene rings is 1. The highest BCUT2D eigenvalue weighted by molar-refractivity contribution is 14.1. The van der Waals surface area contributed by atoms with Crippen LogP contribution < -0.4 is 5.32 Å². The SMILES string of the molecule is O=C(Nc1cnc(Cl)c(Br)c1)c1cc(I)ccc1O. The second-order valence-electron chi connectivity index (χ2n) is 3.61. The Morgan fingerprint density at radius 1 is 1.42 bits per heavy atom. The number of anilines is 1. The molecule has 1 amide bonds. The summed E-state index contributed by atoms with van der Waals surface area (Å²) in [5, 5.41) is 12.6. The average molecular weight is 453 g/mol. The van der Waals surface area contributed by atoms with Crippen molar-refractivity contribution in [1.82, 2.24) is 4.98 Å². The molecule has 2 N–H and O–H groups in total. The van der Waals surface area contributed by atoms with Gasteiger partial charge in [-0.05, 0) is 62.8 Å². The van der Waals surface area contributed by atoms with E-state index in [4.69, 9.17) is 11.6 Å². The van der Waals surface area contributed by atoms with Gasteiger partial charge in [-0.3, -0.25) is 4.79 Å². The Kier molecular flexibility index (Phi) is 4.64. The summed E-state index contributed by atoms with van der Waals surface area (Å²) in [5.41, 5.74) is 0.692. The number of aromatic nitrogens is 1. The van der Waals surface area contributed by atoms with Crippen molar-refractivity contribution < 1.29 is 9.90 Å². The molecule has 0 atom stereocenters. The molecule has 4 nitrogen and oxygen atoms in total. The molecule has 0 aliphatic heterocycles.